The molecule has 32 heavy (non-hydrogen) atoms. The molecule has 1 saturated heterocycles. The molecule has 0 bridgehead atoms. The predicted octanol–water partition coefficient (Wildman–Crippen LogP) is 4.68. The number of amides is 1. The lowest BCUT2D eigenvalue weighted by atomic mass is 10.1. The Kier molecular flexibility index (Phi) is 5.40. The normalized spacial score (nSPS) is 15.2. The van der Waals surface area contributed by atoms with Crippen molar-refractivity contribution in [3.05, 3.63) is 88.9 Å². The molecule has 2 heterocycles. The van der Waals surface area contributed by atoms with Gasteiger partial charge in [0, 0.05) is 24.2 Å². The summed E-state index contributed by atoms with van der Waals surface area (Å²) in [5, 5.41) is 3.95. The van der Waals surface area contributed by atoms with Crippen LogP contribution in [0.25, 0.3) is 10.2 Å². The van der Waals surface area contributed by atoms with Gasteiger partial charge in [-0.25, -0.2) is 13.4 Å². The highest BCUT2D eigenvalue weighted by molar-refractivity contribution is 7.93. The molecule has 0 radical (unpaired) electrons. The fourth-order valence-corrected chi connectivity index (χ4v) is 6.35. The van der Waals surface area contributed by atoms with Crippen LogP contribution in [0.3, 0.4) is 0 Å². The lowest BCUT2D eigenvalue weighted by Gasteiger charge is -2.17. The van der Waals surface area contributed by atoms with Gasteiger partial charge in [-0.2, -0.15) is 0 Å². The van der Waals surface area contributed by atoms with Gasteiger partial charge in [-0.1, -0.05) is 24.3 Å². The molecule has 1 amide bonds. The zero-order valence-electron chi connectivity index (χ0n) is 17.2. The van der Waals surface area contributed by atoms with E-state index in [0.717, 1.165) is 22.5 Å². The summed E-state index contributed by atoms with van der Waals surface area (Å²) < 4.78 is 26.7. The van der Waals surface area contributed by atoms with E-state index in [1.807, 2.05) is 42.5 Å². The lowest BCUT2D eigenvalue weighted by molar-refractivity contribution is 0.102. The first-order valence-electron chi connectivity index (χ1n) is 10.3. The lowest BCUT2D eigenvalue weighted by Crippen LogP contribution is -2.25. The summed E-state index contributed by atoms with van der Waals surface area (Å²) in [5.74, 6) is -0.0655. The number of carbonyl (C=O) groups excluding carboxylic acids is 1. The molecule has 0 aliphatic carbocycles. The monoisotopic (exact) mass is 463 g/mol. The molecule has 1 aromatic heterocycles. The molecule has 0 atom stereocenters. The fraction of sp³-hybridized carbons (Fsp3) is 0.167. The predicted molar refractivity (Wildman–Crippen MR) is 129 cm³/mol. The fourth-order valence-electron chi connectivity index (χ4n) is 3.79. The van der Waals surface area contributed by atoms with E-state index in [-0.39, 0.29) is 11.7 Å². The van der Waals surface area contributed by atoms with Crippen molar-refractivity contribution in [1.82, 2.24) is 4.98 Å². The molecule has 1 aliphatic rings. The maximum atomic E-state index is 12.6. The number of hydrogen-bond acceptors (Lipinski definition) is 5. The van der Waals surface area contributed by atoms with Gasteiger partial charge in [0.1, 0.15) is 0 Å². The minimum Gasteiger partial charge on any atom is -0.322 e. The van der Waals surface area contributed by atoms with E-state index in [0.29, 0.717) is 29.9 Å². The van der Waals surface area contributed by atoms with E-state index in [4.69, 9.17) is 0 Å². The SMILES string of the molecule is O=C(Nc1ccc(Cc2nc3ccccc3s2)cc1)c1ccc(N2CCCS2(=O)=O)cc1. The van der Waals surface area contributed by atoms with Gasteiger partial charge in [0.05, 0.1) is 26.7 Å². The number of aromatic nitrogens is 1. The molecule has 162 valence electrons. The van der Waals surface area contributed by atoms with Crippen LogP contribution in [0.1, 0.15) is 27.3 Å². The van der Waals surface area contributed by atoms with Crippen molar-refractivity contribution in [2.45, 2.75) is 12.8 Å². The third-order valence-electron chi connectivity index (χ3n) is 5.42. The zero-order valence-corrected chi connectivity index (χ0v) is 18.8. The van der Waals surface area contributed by atoms with E-state index < -0.39 is 10.0 Å². The van der Waals surface area contributed by atoms with Gasteiger partial charge in [0.25, 0.3) is 5.91 Å². The second kappa shape index (κ2) is 8.37. The van der Waals surface area contributed by atoms with Gasteiger partial charge < -0.3 is 5.32 Å². The van der Waals surface area contributed by atoms with Crippen molar-refractivity contribution in [2.24, 2.45) is 0 Å². The molecule has 0 saturated carbocycles. The van der Waals surface area contributed by atoms with Gasteiger partial charge in [0.15, 0.2) is 0 Å². The highest BCUT2D eigenvalue weighted by atomic mass is 32.2. The van der Waals surface area contributed by atoms with Crippen LogP contribution in [0.4, 0.5) is 11.4 Å². The van der Waals surface area contributed by atoms with Crippen LogP contribution >= 0.6 is 11.3 Å². The highest BCUT2D eigenvalue weighted by Gasteiger charge is 2.28. The highest BCUT2D eigenvalue weighted by Crippen LogP contribution is 2.25. The Hall–Kier alpha value is -3.23. The third-order valence-corrected chi connectivity index (χ3v) is 8.33. The standard InChI is InChI=1S/C24H21N3O3S2/c28-24(18-8-12-20(13-9-18)27-14-3-15-32(27,29)30)25-19-10-6-17(7-11-19)16-23-26-21-4-1-2-5-22(21)31-23/h1-2,4-13H,3,14-16H2,(H,25,28). The largest absolute Gasteiger partial charge is 0.322 e. The first kappa shape index (κ1) is 20.7. The number of nitrogens with one attached hydrogen (secondary N) is 1. The number of para-hydroxylation sites is 1. The summed E-state index contributed by atoms with van der Waals surface area (Å²) >= 11 is 1.69. The van der Waals surface area contributed by atoms with E-state index >= 15 is 0 Å². The number of fused-ring (bicyclic) bond motifs is 1. The average molecular weight is 464 g/mol. The molecular formula is C24H21N3O3S2. The Morgan fingerprint density at radius 1 is 1.00 bits per heavy atom. The number of rotatable bonds is 5. The van der Waals surface area contributed by atoms with Crippen LogP contribution < -0.4 is 9.62 Å². The van der Waals surface area contributed by atoms with Gasteiger partial charge in [-0.05, 0) is 60.5 Å². The molecule has 3 aromatic carbocycles. The van der Waals surface area contributed by atoms with Crippen LogP contribution in [0, 0.1) is 0 Å². The maximum absolute atomic E-state index is 12.6. The molecule has 1 fully saturated rings. The molecule has 5 rings (SSSR count). The molecule has 4 aromatic rings. The van der Waals surface area contributed by atoms with Crippen molar-refractivity contribution in [1.29, 1.82) is 0 Å². The minimum atomic E-state index is -3.23. The van der Waals surface area contributed by atoms with Crippen LogP contribution in [0.15, 0.2) is 72.8 Å². The molecule has 1 aliphatic heterocycles. The van der Waals surface area contributed by atoms with Gasteiger partial charge in [-0.3, -0.25) is 9.10 Å². The first-order chi connectivity index (χ1) is 15.5. The molecule has 0 spiro atoms. The van der Waals surface area contributed by atoms with Gasteiger partial charge in [0.2, 0.25) is 10.0 Å². The van der Waals surface area contributed by atoms with Gasteiger partial charge in [-0.15, -0.1) is 11.3 Å². The van der Waals surface area contributed by atoms with Crippen molar-refractivity contribution in [2.75, 3.05) is 21.9 Å². The minimum absolute atomic E-state index is 0.171. The van der Waals surface area contributed by atoms with E-state index in [9.17, 15) is 13.2 Å². The number of anilines is 2. The van der Waals surface area contributed by atoms with Gasteiger partial charge >= 0.3 is 0 Å². The average Bonchev–Trinajstić information content (AvgIpc) is 3.36. The number of nitrogens with zero attached hydrogens (tertiary/aromatic N) is 2. The number of carbonyl (C=O) groups is 1. The summed E-state index contributed by atoms with van der Waals surface area (Å²) in [6.45, 7) is 0.483. The van der Waals surface area contributed by atoms with Crippen LogP contribution in [-0.2, 0) is 16.4 Å². The smallest absolute Gasteiger partial charge is 0.255 e. The zero-order chi connectivity index (χ0) is 22.1. The quantitative estimate of drug-likeness (QED) is 0.466. The van der Waals surface area contributed by atoms with Crippen LogP contribution in [0.2, 0.25) is 0 Å². The summed E-state index contributed by atoms with van der Waals surface area (Å²) in [6.07, 6.45) is 1.37. The topological polar surface area (TPSA) is 79.4 Å². The number of sulfonamides is 1. The van der Waals surface area contributed by atoms with Crippen molar-refractivity contribution >= 4 is 48.9 Å². The summed E-state index contributed by atoms with van der Waals surface area (Å²) in [4.78, 5) is 17.3. The van der Waals surface area contributed by atoms with E-state index in [1.54, 1.807) is 35.6 Å². The number of hydrogen-bond donors (Lipinski definition) is 1. The molecule has 1 N–H and O–H groups in total. The van der Waals surface area contributed by atoms with E-state index in [1.165, 1.54) is 9.01 Å². The van der Waals surface area contributed by atoms with E-state index in [2.05, 4.69) is 16.4 Å². The second-order valence-corrected chi connectivity index (χ2v) is 10.8. The molecule has 0 unspecified atom stereocenters. The first-order valence-corrected chi connectivity index (χ1v) is 12.8. The van der Waals surface area contributed by atoms with Crippen molar-refractivity contribution in [3.8, 4) is 0 Å². The summed E-state index contributed by atoms with van der Waals surface area (Å²) in [7, 11) is -3.23. The van der Waals surface area contributed by atoms with Crippen molar-refractivity contribution in [3.63, 3.8) is 0 Å². The van der Waals surface area contributed by atoms with Crippen LogP contribution in [-0.4, -0.2) is 31.6 Å². The Balaban J connectivity index is 1.23. The maximum Gasteiger partial charge on any atom is 0.255 e. The van der Waals surface area contributed by atoms with Crippen molar-refractivity contribution < 1.29 is 13.2 Å². The summed E-state index contributed by atoms with van der Waals surface area (Å²) in [5.41, 5.74) is 3.92. The Morgan fingerprint density at radius 2 is 1.75 bits per heavy atom. The van der Waals surface area contributed by atoms with Crippen LogP contribution in [0.5, 0.6) is 0 Å². The summed E-state index contributed by atoms with van der Waals surface area (Å²) in [6, 6.07) is 22.5. The Morgan fingerprint density at radius 3 is 2.44 bits per heavy atom. The molecular weight excluding hydrogens is 442 g/mol. The molecule has 6 nitrogen and oxygen atoms in total. The Labute approximate surface area is 190 Å². The number of thiazole rings is 1. The third kappa shape index (κ3) is 4.24. The Bertz CT molecular complexity index is 1350. The number of benzene rings is 3. The second-order valence-electron chi connectivity index (χ2n) is 7.69. The molecule has 8 heteroatoms.